The van der Waals surface area contributed by atoms with Crippen LogP contribution < -0.4 is 5.32 Å². The first-order valence-electron chi connectivity index (χ1n) is 3.81. The summed E-state index contributed by atoms with van der Waals surface area (Å²) in [5, 5.41) is 2.49. The highest BCUT2D eigenvalue weighted by molar-refractivity contribution is 5.68. The summed E-state index contributed by atoms with van der Waals surface area (Å²) in [6, 6.07) is -0.292. The van der Waals surface area contributed by atoms with Gasteiger partial charge in [0.2, 0.25) is 0 Å². The lowest BCUT2D eigenvalue weighted by molar-refractivity contribution is 0.0520. The summed E-state index contributed by atoms with van der Waals surface area (Å²) < 4.78 is 4.96. The van der Waals surface area contributed by atoms with Gasteiger partial charge in [0.1, 0.15) is 5.60 Å². The van der Waals surface area contributed by atoms with Gasteiger partial charge in [0, 0.05) is 0 Å². The minimum absolute atomic E-state index is 0.292. The summed E-state index contributed by atoms with van der Waals surface area (Å²) in [7, 11) is 0. The smallest absolute Gasteiger partial charge is 0.408 e. The first-order valence-corrected chi connectivity index (χ1v) is 3.81. The number of carbonyl (C=O) groups is 1. The number of carbonyl (C=O) groups excluding carboxylic acids is 1. The predicted octanol–water partition coefficient (Wildman–Crippen LogP) is 1.53. The molecule has 1 atom stereocenters. The number of hydrogen-bond acceptors (Lipinski definition) is 2. The highest BCUT2D eigenvalue weighted by atomic mass is 16.6. The van der Waals surface area contributed by atoms with Crippen LogP contribution >= 0.6 is 0 Å². The maximum atomic E-state index is 11.0. The van der Waals surface area contributed by atoms with Gasteiger partial charge in [0.15, 0.2) is 0 Å². The molecule has 0 aromatic heterocycles. The van der Waals surface area contributed by atoms with E-state index in [9.17, 15) is 4.79 Å². The van der Waals surface area contributed by atoms with E-state index >= 15 is 0 Å². The third kappa shape index (κ3) is 5.60. The van der Waals surface area contributed by atoms with E-state index in [-0.39, 0.29) is 6.04 Å². The molecule has 0 radical (unpaired) electrons. The van der Waals surface area contributed by atoms with Crippen molar-refractivity contribution >= 4 is 6.09 Å². The Balaban J connectivity index is 3.85. The fourth-order valence-electron chi connectivity index (χ4n) is 0.526. The molecule has 0 aromatic rings. The highest BCUT2D eigenvalue weighted by Crippen LogP contribution is 2.06. The summed E-state index contributed by atoms with van der Waals surface area (Å²) in [6.45, 7) is 7.11. The molecule has 0 rings (SSSR count). The molecule has 0 spiro atoms. The van der Waals surface area contributed by atoms with Gasteiger partial charge in [-0.1, -0.05) is 5.92 Å². The van der Waals surface area contributed by atoms with E-state index in [2.05, 4.69) is 11.2 Å². The van der Waals surface area contributed by atoms with Gasteiger partial charge in [-0.05, 0) is 27.7 Å². The Labute approximate surface area is 73.5 Å². The molecule has 0 aliphatic rings. The molecule has 0 heterocycles. The maximum Gasteiger partial charge on any atom is 0.408 e. The van der Waals surface area contributed by atoms with Gasteiger partial charge in [-0.3, -0.25) is 0 Å². The quantitative estimate of drug-likeness (QED) is 0.604. The van der Waals surface area contributed by atoms with Gasteiger partial charge >= 0.3 is 6.09 Å². The Morgan fingerprint density at radius 1 is 1.58 bits per heavy atom. The molecule has 12 heavy (non-hydrogen) atoms. The molecule has 68 valence electrons. The summed E-state index contributed by atoms with van der Waals surface area (Å²) in [5.74, 6) is 2.37. The summed E-state index contributed by atoms with van der Waals surface area (Å²) in [6.07, 6.45) is 4.59. The molecular weight excluding hydrogens is 154 g/mol. The average Bonchev–Trinajstić information content (AvgIpc) is 1.82. The molecule has 3 heteroatoms. The standard InChI is InChI=1S/C9H15NO2/c1-6-7(2)10-8(11)12-9(3,4)5/h1,7H,2-5H3,(H,10,11)/t7-/m1/s1. The fraction of sp³-hybridized carbons (Fsp3) is 0.667. The van der Waals surface area contributed by atoms with Crippen molar-refractivity contribution in [2.75, 3.05) is 0 Å². The van der Waals surface area contributed by atoms with Crippen molar-refractivity contribution in [3.8, 4) is 12.3 Å². The van der Waals surface area contributed by atoms with Crippen LogP contribution in [-0.4, -0.2) is 17.7 Å². The van der Waals surface area contributed by atoms with Gasteiger partial charge in [-0.2, -0.15) is 0 Å². The van der Waals surface area contributed by atoms with Gasteiger partial charge in [0.25, 0.3) is 0 Å². The molecule has 0 aromatic carbocycles. The second-order valence-corrected chi connectivity index (χ2v) is 3.53. The van der Waals surface area contributed by atoms with E-state index in [0.29, 0.717) is 0 Å². The van der Waals surface area contributed by atoms with Crippen LogP contribution in [0.5, 0.6) is 0 Å². The molecular formula is C9H15NO2. The predicted molar refractivity (Wildman–Crippen MR) is 47.7 cm³/mol. The van der Waals surface area contributed by atoms with Crippen molar-refractivity contribution in [3.63, 3.8) is 0 Å². The lowest BCUT2D eigenvalue weighted by Crippen LogP contribution is -2.36. The Kier molecular flexibility index (Phi) is 3.62. The van der Waals surface area contributed by atoms with E-state index in [1.807, 2.05) is 0 Å². The van der Waals surface area contributed by atoms with E-state index in [4.69, 9.17) is 11.2 Å². The minimum atomic E-state index is -0.479. The van der Waals surface area contributed by atoms with E-state index in [0.717, 1.165) is 0 Å². The zero-order valence-corrected chi connectivity index (χ0v) is 7.97. The molecule has 0 saturated carbocycles. The van der Waals surface area contributed by atoms with Crippen LogP contribution in [0.1, 0.15) is 27.7 Å². The number of nitrogens with one attached hydrogen (secondary N) is 1. The fourth-order valence-corrected chi connectivity index (χ4v) is 0.526. The van der Waals surface area contributed by atoms with Crippen molar-refractivity contribution in [1.29, 1.82) is 0 Å². The molecule has 1 N–H and O–H groups in total. The van der Waals surface area contributed by atoms with Crippen molar-refractivity contribution < 1.29 is 9.53 Å². The molecule has 3 nitrogen and oxygen atoms in total. The zero-order valence-electron chi connectivity index (χ0n) is 7.97. The van der Waals surface area contributed by atoms with Crippen LogP contribution in [0, 0.1) is 12.3 Å². The van der Waals surface area contributed by atoms with Crippen molar-refractivity contribution in [3.05, 3.63) is 0 Å². The van der Waals surface area contributed by atoms with E-state index in [1.165, 1.54) is 0 Å². The van der Waals surface area contributed by atoms with E-state index in [1.54, 1.807) is 27.7 Å². The lowest BCUT2D eigenvalue weighted by atomic mass is 10.2. The molecule has 1 amide bonds. The van der Waals surface area contributed by atoms with Crippen molar-refractivity contribution in [2.45, 2.75) is 39.3 Å². The number of rotatable bonds is 1. The second-order valence-electron chi connectivity index (χ2n) is 3.53. The monoisotopic (exact) mass is 169 g/mol. The van der Waals surface area contributed by atoms with Gasteiger partial charge < -0.3 is 10.1 Å². The van der Waals surface area contributed by atoms with Gasteiger partial charge in [-0.25, -0.2) is 4.79 Å². The summed E-state index contributed by atoms with van der Waals surface area (Å²) in [4.78, 5) is 11.0. The third-order valence-corrected chi connectivity index (χ3v) is 0.983. The first kappa shape index (κ1) is 10.8. The van der Waals surface area contributed by atoms with Gasteiger partial charge in [-0.15, -0.1) is 6.42 Å². The Morgan fingerprint density at radius 2 is 2.08 bits per heavy atom. The molecule has 0 aliphatic carbocycles. The van der Waals surface area contributed by atoms with Crippen LogP contribution in [0.2, 0.25) is 0 Å². The Hall–Kier alpha value is -1.17. The number of hydrogen-bond donors (Lipinski definition) is 1. The number of alkyl carbamates (subject to hydrolysis) is 1. The topological polar surface area (TPSA) is 38.3 Å². The van der Waals surface area contributed by atoms with E-state index < -0.39 is 11.7 Å². The molecule has 0 bridgehead atoms. The maximum absolute atomic E-state index is 11.0. The summed E-state index contributed by atoms with van der Waals surface area (Å²) in [5.41, 5.74) is -0.474. The normalized spacial score (nSPS) is 12.9. The second kappa shape index (κ2) is 4.01. The van der Waals surface area contributed by atoms with Crippen LogP contribution in [0.25, 0.3) is 0 Å². The van der Waals surface area contributed by atoms with Crippen LogP contribution in [0.4, 0.5) is 4.79 Å². The van der Waals surface area contributed by atoms with Crippen LogP contribution in [0.15, 0.2) is 0 Å². The highest BCUT2D eigenvalue weighted by Gasteiger charge is 2.16. The average molecular weight is 169 g/mol. The van der Waals surface area contributed by atoms with Crippen LogP contribution in [0.3, 0.4) is 0 Å². The molecule has 0 unspecified atom stereocenters. The Bertz CT molecular complexity index is 198. The SMILES string of the molecule is C#C[C@@H](C)NC(=O)OC(C)(C)C. The molecule has 0 saturated heterocycles. The third-order valence-electron chi connectivity index (χ3n) is 0.983. The van der Waals surface area contributed by atoms with Crippen molar-refractivity contribution in [1.82, 2.24) is 5.32 Å². The van der Waals surface area contributed by atoms with Crippen LogP contribution in [-0.2, 0) is 4.74 Å². The lowest BCUT2D eigenvalue weighted by Gasteiger charge is -2.20. The van der Waals surface area contributed by atoms with Crippen molar-refractivity contribution in [2.24, 2.45) is 0 Å². The Morgan fingerprint density at radius 3 is 2.42 bits per heavy atom. The number of ether oxygens (including phenoxy) is 1. The summed E-state index contributed by atoms with van der Waals surface area (Å²) >= 11 is 0. The molecule has 0 fully saturated rings. The first-order chi connectivity index (χ1) is 5.35. The number of amides is 1. The minimum Gasteiger partial charge on any atom is -0.444 e. The largest absolute Gasteiger partial charge is 0.444 e. The number of terminal acetylenes is 1. The van der Waals surface area contributed by atoms with Gasteiger partial charge in [0.05, 0.1) is 6.04 Å². The molecule has 0 aliphatic heterocycles. The zero-order chi connectivity index (χ0) is 9.78.